The molecule has 1 aliphatic rings. The zero-order valence-electron chi connectivity index (χ0n) is 13.3. The minimum Gasteiger partial charge on any atom is -0.378 e. The van der Waals surface area contributed by atoms with Crippen molar-refractivity contribution in [3.05, 3.63) is 29.1 Å². The van der Waals surface area contributed by atoms with E-state index in [9.17, 15) is 4.79 Å². The molecule has 9 nitrogen and oxygen atoms in total. The van der Waals surface area contributed by atoms with Crippen LogP contribution in [0.15, 0.2) is 12.5 Å². The van der Waals surface area contributed by atoms with Crippen molar-refractivity contribution >= 4 is 23.5 Å². The SMILES string of the molecule is CCn1cnnc1CNC(=O)c1nc(N2CCOCC2)ncc1Cl. The van der Waals surface area contributed by atoms with Gasteiger partial charge in [0.15, 0.2) is 11.5 Å². The van der Waals surface area contributed by atoms with Gasteiger partial charge in [-0.3, -0.25) is 4.79 Å². The lowest BCUT2D eigenvalue weighted by Crippen LogP contribution is -2.38. The molecule has 2 aromatic heterocycles. The van der Waals surface area contributed by atoms with Crippen molar-refractivity contribution in [2.75, 3.05) is 31.2 Å². The highest BCUT2D eigenvalue weighted by atomic mass is 35.5. The van der Waals surface area contributed by atoms with Crippen LogP contribution in [0.1, 0.15) is 23.2 Å². The maximum atomic E-state index is 12.4. The monoisotopic (exact) mass is 351 g/mol. The molecule has 3 rings (SSSR count). The standard InChI is InChI=1S/C14H18ClN7O2/c1-2-21-9-18-20-11(21)8-16-13(23)12-10(15)7-17-14(19-12)22-3-5-24-6-4-22/h7,9H,2-6,8H2,1H3,(H,16,23). The Labute approximate surface area is 144 Å². The number of morpholine rings is 1. The zero-order chi connectivity index (χ0) is 16.9. The topological polar surface area (TPSA) is 98.1 Å². The van der Waals surface area contributed by atoms with Gasteiger partial charge in [-0.15, -0.1) is 10.2 Å². The summed E-state index contributed by atoms with van der Waals surface area (Å²) in [6.45, 7) is 5.54. The number of carbonyl (C=O) groups is 1. The quantitative estimate of drug-likeness (QED) is 0.837. The highest BCUT2D eigenvalue weighted by molar-refractivity contribution is 6.33. The number of hydrogen-bond acceptors (Lipinski definition) is 7. The van der Waals surface area contributed by atoms with Crippen LogP contribution in [0.25, 0.3) is 0 Å². The molecule has 0 spiro atoms. The Morgan fingerprint density at radius 1 is 1.42 bits per heavy atom. The van der Waals surface area contributed by atoms with Gasteiger partial charge in [-0.05, 0) is 6.92 Å². The fourth-order valence-electron chi connectivity index (χ4n) is 2.36. The maximum Gasteiger partial charge on any atom is 0.272 e. The lowest BCUT2D eigenvalue weighted by Gasteiger charge is -2.26. The van der Waals surface area contributed by atoms with Crippen LogP contribution in [-0.4, -0.2) is 56.9 Å². The Morgan fingerprint density at radius 3 is 2.96 bits per heavy atom. The molecule has 0 aliphatic carbocycles. The number of ether oxygens (including phenoxy) is 1. The molecule has 128 valence electrons. The van der Waals surface area contributed by atoms with E-state index in [0.717, 1.165) is 6.54 Å². The Balaban J connectivity index is 1.71. The Bertz CT molecular complexity index is 715. The average molecular weight is 352 g/mol. The third-order valence-corrected chi connectivity index (χ3v) is 3.96. The van der Waals surface area contributed by atoms with Crippen LogP contribution in [-0.2, 0) is 17.8 Å². The van der Waals surface area contributed by atoms with Crippen LogP contribution in [0.5, 0.6) is 0 Å². The van der Waals surface area contributed by atoms with E-state index < -0.39 is 0 Å². The molecule has 0 saturated carbocycles. The summed E-state index contributed by atoms with van der Waals surface area (Å²) in [5.74, 6) is 0.775. The van der Waals surface area contributed by atoms with E-state index in [-0.39, 0.29) is 23.2 Å². The van der Waals surface area contributed by atoms with E-state index in [1.807, 2.05) is 16.4 Å². The Kier molecular flexibility index (Phi) is 5.21. The molecule has 0 unspecified atom stereocenters. The van der Waals surface area contributed by atoms with E-state index >= 15 is 0 Å². The van der Waals surface area contributed by atoms with Crippen molar-refractivity contribution in [3.8, 4) is 0 Å². The number of amides is 1. The zero-order valence-corrected chi connectivity index (χ0v) is 14.0. The molecule has 1 aliphatic heterocycles. The first-order chi connectivity index (χ1) is 11.7. The van der Waals surface area contributed by atoms with Gasteiger partial charge in [-0.1, -0.05) is 11.6 Å². The smallest absolute Gasteiger partial charge is 0.272 e. The number of anilines is 1. The van der Waals surface area contributed by atoms with Gasteiger partial charge < -0.3 is 19.5 Å². The van der Waals surface area contributed by atoms with Gasteiger partial charge in [-0.2, -0.15) is 0 Å². The van der Waals surface area contributed by atoms with E-state index in [4.69, 9.17) is 16.3 Å². The van der Waals surface area contributed by atoms with Crippen LogP contribution in [0.3, 0.4) is 0 Å². The van der Waals surface area contributed by atoms with E-state index in [1.54, 1.807) is 6.33 Å². The first-order valence-electron chi connectivity index (χ1n) is 7.69. The fraction of sp³-hybridized carbons (Fsp3) is 0.500. The van der Waals surface area contributed by atoms with E-state index in [1.165, 1.54) is 6.20 Å². The largest absolute Gasteiger partial charge is 0.378 e. The number of hydrogen-bond donors (Lipinski definition) is 1. The molecule has 10 heteroatoms. The summed E-state index contributed by atoms with van der Waals surface area (Å²) in [6.07, 6.45) is 3.07. The molecular weight excluding hydrogens is 334 g/mol. The molecule has 0 bridgehead atoms. The summed E-state index contributed by atoms with van der Waals surface area (Å²) in [5, 5.41) is 10.8. The van der Waals surface area contributed by atoms with Crippen molar-refractivity contribution in [1.29, 1.82) is 0 Å². The molecule has 0 atom stereocenters. The second-order valence-electron chi connectivity index (χ2n) is 5.18. The molecule has 0 aromatic carbocycles. The predicted molar refractivity (Wildman–Crippen MR) is 86.9 cm³/mol. The number of carbonyl (C=O) groups excluding carboxylic acids is 1. The molecule has 1 N–H and O–H groups in total. The first-order valence-corrected chi connectivity index (χ1v) is 8.07. The number of rotatable bonds is 5. The Hall–Kier alpha value is -2.26. The van der Waals surface area contributed by atoms with Crippen molar-refractivity contribution in [2.24, 2.45) is 0 Å². The molecule has 2 aromatic rings. The highest BCUT2D eigenvalue weighted by Crippen LogP contribution is 2.17. The number of halogens is 1. The normalized spacial score (nSPS) is 14.7. The van der Waals surface area contributed by atoms with Gasteiger partial charge >= 0.3 is 0 Å². The maximum absolute atomic E-state index is 12.4. The van der Waals surface area contributed by atoms with Crippen LogP contribution in [0.2, 0.25) is 5.02 Å². The molecule has 0 radical (unpaired) electrons. The van der Waals surface area contributed by atoms with Crippen LogP contribution in [0.4, 0.5) is 5.95 Å². The second-order valence-corrected chi connectivity index (χ2v) is 5.59. The molecule has 3 heterocycles. The fourth-order valence-corrected chi connectivity index (χ4v) is 2.53. The van der Waals surface area contributed by atoms with Gasteiger partial charge in [0.2, 0.25) is 5.95 Å². The summed E-state index contributed by atoms with van der Waals surface area (Å²) in [4.78, 5) is 22.9. The Morgan fingerprint density at radius 2 is 2.21 bits per heavy atom. The van der Waals surface area contributed by atoms with Crippen molar-refractivity contribution in [1.82, 2.24) is 30.0 Å². The number of nitrogens with zero attached hydrogens (tertiary/aromatic N) is 6. The van der Waals surface area contributed by atoms with Crippen molar-refractivity contribution < 1.29 is 9.53 Å². The summed E-state index contributed by atoms with van der Waals surface area (Å²) < 4.78 is 7.15. The minimum absolute atomic E-state index is 0.149. The van der Waals surface area contributed by atoms with Gasteiger partial charge in [-0.25, -0.2) is 9.97 Å². The second kappa shape index (κ2) is 7.54. The first kappa shape index (κ1) is 16.6. The number of nitrogens with one attached hydrogen (secondary N) is 1. The van der Waals surface area contributed by atoms with Crippen LogP contribution >= 0.6 is 11.6 Å². The molecule has 24 heavy (non-hydrogen) atoms. The summed E-state index contributed by atoms with van der Waals surface area (Å²) >= 11 is 6.09. The number of aryl methyl sites for hydroxylation is 1. The lowest BCUT2D eigenvalue weighted by atomic mass is 10.3. The highest BCUT2D eigenvalue weighted by Gasteiger charge is 2.19. The van der Waals surface area contributed by atoms with E-state index in [0.29, 0.717) is 38.1 Å². The third kappa shape index (κ3) is 3.62. The summed E-state index contributed by atoms with van der Waals surface area (Å²) in [5.41, 5.74) is 0.149. The molecule has 1 amide bonds. The van der Waals surface area contributed by atoms with Crippen LogP contribution in [0, 0.1) is 0 Å². The summed E-state index contributed by atoms with van der Waals surface area (Å²) in [6, 6.07) is 0. The van der Waals surface area contributed by atoms with E-state index in [2.05, 4.69) is 25.5 Å². The van der Waals surface area contributed by atoms with Gasteiger partial charge in [0.1, 0.15) is 6.33 Å². The number of aromatic nitrogens is 5. The lowest BCUT2D eigenvalue weighted by molar-refractivity contribution is 0.0944. The van der Waals surface area contributed by atoms with Gasteiger partial charge in [0.25, 0.3) is 5.91 Å². The summed E-state index contributed by atoms with van der Waals surface area (Å²) in [7, 11) is 0. The van der Waals surface area contributed by atoms with Crippen molar-refractivity contribution in [2.45, 2.75) is 20.0 Å². The molecule has 1 fully saturated rings. The molecular formula is C14H18ClN7O2. The van der Waals surface area contributed by atoms with Crippen molar-refractivity contribution in [3.63, 3.8) is 0 Å². The minimum atomic E-state index is -0.373. The van der Waals surface area contributed by atoms with Gasteiger partial charge in [0.05, 0.1) is 31.0 Å². The average Bonchev–Trinajstić information content (AvgIpc) is 3.08. The molecule has 1 saturated heterocycles. The third-order valence-electron chi connectivity index (χ3n) is 3.68. The predicted octanol–water partition coefficient (Wildman–Crippen LogP) is 0.508. The van der Waals surface area contributed by atoms with Gasteiger partial charge in [0, 0.05) is 19.6 Å². The van der Waals surface area contributed by atoms with Crippen LogP contribution < -0.4 is 10.2 Å².